The van der Waals surface area contributed by atoms with Gasteiger partial charge < -0.3 is 14.0 Å². The first-order valence-electron chi connectivity index (χ1n) is 11.9. The van der Waals surface area contributed by atoms with Crippen LogP contribution in [0.5, 0.6) is 5.75 Å². The van der Waals surface area contributed by atoms with Crippen LogP contribution in [0.15, 0.2) is 54.6 Å². The van der Waals surface area contributed by atoms with Gasteiger partial charge in [-0.3, -0.25) is 0 Å². The summed E-state index contributed by atoms with van der Waals surface area (Å²) in [7, 11) is 4.64. The Morgan fingerprint density at radius 3 is 2.19 bits per heavy atom. The summed E-state index contributed by atoms with van der Waals surface area (Å²) in [6.07, 6.45) is 9.14. The number of quaternary nitrogens is 1. The van der Waals surface area contributed by atoms with E-state index in [-0.39, 0.29) is 0 Å². The Kier molecular flexibility index (Phi) is 12.0. The van der Waals surface area contributed by atoms with Gasteiger partial charge in [-0.1, -0.05) is 81.0 Å². The molecule has 0 aliphatic rings. The van der Waals surface area contributed by atoms with E-state index in [1.165, 1.54) is 50.5 Å². The zero-order chi connectivity index (χ0) is 22.4. The van der Waals surface area contributed by atoms with Gasteiger partial charge in [-0.2, -0.15) is 0 Å². The molecule has 0 aliphatic carbocycles. The van der Waals surface area contributed by atoms with Crippen LogP contribution in [0.25, 0.3) is 0 Å². The number of hydrogen-bond acceptors (Lipinski definition) is 2. The SMILES string of the molecule is CCCCCCCCC(c1ccc(Cl)cc1)[N+](C)(C)CCOCCOc1ccccc1. The molecule has 172 valence electrons. The van der Waals surface area contributed by atoms with Gasteiger partial charge in [-0.25, -0.2) is 0 Å². The molecule has 0 aliphatic heterocycles. The van der Waals surface area contributed by atoms with Gasteiger partial charge in [0.1, 0.15) is 24.9 Å². The van der Waals surface area contributed by atoms with Crippen LogP contribution in [0.3, 0.4) is 0 Å². The molecule has 0 saturated carbocycles. The van der Waals surface area contributed by atoms with E-state index in [1.807, 2.05) is 42.5 Å². The van der Waals surface area contributed by atoms with Crippen LogP contribution in [0, 0.1) is 0 Å². The minimum Gasteiger partial charge on any atom is -0.491 e. The minimum atomic E-state index is 0.451. The number of halogens is 1. The highest BCUT2D eigenvalue weighted by Gasteiger charge is 2.29. The average Bonchev–Trinajstić information content (AvgIpc) is 2.77. The Bertz CT molecular complexity index is 703. The highest BCUT2D eigenvalue weighted by molar-refractivity contribution is 6.30. The largest absolute Gasteiger partial charge is 0.491 e. The van der Waals surface area contributed by atoms with Crippen LogP contribution in [0.1, 0.15) is 63.5 Å². The molecule has 3 nitrogen and oxygen atoms in total. The van der Waals surface area contributed by atoms with Gasteiger partial charge in [0.05, 0.1) is 27.3 Å². The lowest BCUT2D eigenvalue weighted by Crippen LogP contribution is -2.45. The first-order chi connectivity index (χ1) is 15.0. The summed E-state index contributed by atoms with van der Waals surface area (Å²) < 4.78 is 12.5. The molecule has 0 amide bonds. The lowest BCUT2D eigenvalue weighted by molar-refractivity contribution is -0.922. The second-order valence-corrected chi connectivity index (χ2v) is 9.34. The summed E-state index contributed by atoms with van der Waals surface area (Å²) in [6.45, 7) is 5.15. The third-order valence-electron chi connectivity index (χ3n) is 5.98. The van der Waals surface area contributed by atoms with Gasteiger partial charge in [0, 0.05) is 17.0 Å². The molecule has 1 atom stereocenters. The highest BCUT2D eigenvalue weighted by Crippen LogP contribution is 2.31. The number of unbranched alkanes of at least 4 members (excludes halogenated alkanes) is 5. The fourth-order valence-corrected chi connectivity index (χ4v) is 4.14. The van der Waals surface area contributed by atoms with Gasteiger partial charge >= 0.3 is 0 Å². The van der Waals surface area contributed by atoms with Crippen LogP contribution in [-0.2, 0) is 4.74 Å². The monoisotopic (exact) mass is 446 g/mol. The number of hydrogen-bond donors (Lipinski definition) is 0. The maximum atomic E-state index is 6.15. The molecule has 0 aromatic heterocycles. The van der Waals surface area contributed by atoms with Gasteiger partial charge in [-0.05, 0) is 30.7 Å². The van der Waals surface area contributed by atoms with Gasteiger partial charge in [-0.15, -0.1) is 0 Å². The number of benzene rings is 2. The molecule has 31 heavy (non-hydrogen) atoms. The van der Waals surface area contributed by atoms with E-state index >= 15 is 0 Å². The fraction of sp³-hybridized carbons (Fsp3) is 0.556. The average molecular weight is 447 g/mol. The molecule has 2 aromatic carbocycles. The predicted octanol–water partition coefficient (Wildman–Crippen LogP) is 7.30. The third kappa shape index (κ3) is 10.1. The molecule has 0 fully saturated rings. The van der Waals surface area contributed by atoms with Crippen LogP contribution in [0.4, 0.5) is 0 Å². The highest BCUT2D eigenvalue weighted by atomic mass is 35.5. The molecule has 2 aromatic rings. The number of rotatable bonds is 16. The second-order valence-electron chi connectivity index (χ2n) is 8.90. The summed E-state index contributed by atoms with van der Waals surface area (Å²) in [5.74, 6) is 0.893. The maximum Gasteiger partial charge on any atom is 0.119 e. The first-order valence-corrected chi connectivity index (χ1v) is 12.2. The van der Waals surface area contributed by atoms with Gasteiger partial charge in [0.2, 0.25) is 0 Å². The Morgan fingerprint density at radius 1 is 0.806 bits per heavy atom. The standard InChI is InChI=1S/C27H41ClNO2/c1-4-5-6-7-8-12-15-27(24-16-18-25(28)19-17-24)29(2,3)20-21-30-22-23-31-26-13-10-9-11-14-26/h9-11,13-14,16-19,27H,4-8,12,15,20-23H2,1-3H3/q+1. The van der Waals surface area contributed by atoms with Crippen molar-refractivity contribution in [2.24, 2.45) is 0 Å². The molecule has 0 spiro atoms. The Balaban J connectivity index is 1.80. The van der Waals surface area contributed by atoms with Gasteiger partial charge in [0.15, 0.2) is 0 Å². The topological polar surface area (TPSA) is 18.5 Å². The molecular formula is C27H41ClNO2+. The Labute approximate surface area is 194 Å². The van der Waals surface area contributed by atoms with Crippen molar-refractivity contribution < 1.29 is 14.0 Å². The number of nitrogens with zero attached hydrogens (tertiary/aromatic N) is 1. The maximum absolute atomic E-state index is 6.15. The Hall–Kier alpha value is -1.55. The minimum absolute atomic E-state index is 0.451. The van der Waals surface area contributed by atoms with Crippen molar-refractivity contribution in [3.63, 3.8) is 0 Å². The first kappa shape index (κ1) is 25.7. The van der Waals surface area contributed by atoms with E-state index in [2.05, 4.69) is 33.2 Å². The zero-order valence-corrected chi connectivity index (χ0v) is 20.4. The molecule has 0 bridgehead atoms. The van der Waals surface area contributed by atoms with Crippen molar-refractivity contribution in [3.8, 4) is 5.75 Å². The van der Waals surface area contributed by atoms with E-state index in [0.717, 1.165) is 28.4 Å². The summed E-state index contributed by atoms with van der Waals surface area (Å²) >= 11 is 6.15. The summed E-state index contributed by atoms with van der Waals surface area (Å²) in [4.78, 5) is 0. The summed E-state index contributed by atoms with van der Waals surface area (Å²) in [6, 6.07) is 18.8. The lowest BCUT2D eigenvalue weighted by Gasteiger charge is -2.38. The molecule has 0 heterocycles. The van der Waals surface area contributed by atoms with Crippen molar-refractivity contribution in [2.75, 3.05) is 40.5 Å². The molecular weight excluding hydrogens is 406 g/mol. The Morgan fingerprint density at radius 2 is 1.48 bits per heavy atom. The predicted molar refractivity (Wildman–Crippen MR) is 132 cm³/mol. The summed E-state index contributed by atoms with van der Waals surface area (Å²) in [5, 5.41) is 0.800. The molecule has 0 radical (unpaired) electrons. The molecule has 0 saturated heterocycles. The van der Waals surface area contributed by atoms with E-state index in [4.69, 9.17) is 21.1 Å². The van der Waals surface area contributed by atoms with E-state index < -0.39 is 0 Å². The quantitative estimate of drug-likeness (QED) is 0.199. The number of ether oxygens (including phenoxy) is 2. The normalized spacial score (nSPS) is 12.6. The second kappa shape index (κ2) is 14.5. The van der Waals surface area contributed by atoms with Crippen LogP contribution < -0.4 is 4.74 Å². The van der Waals surface area contributed by atoms with E-state index in [0.29, 0.717) is 19.3 Å². The van der Waals surface area contributed by atoms with Gasteiger partial charge in [0.25, 0.3) is 0 Å². The number of likely N-dealkylation sites (N-methyl/N-ethyl adjacent to an activating group) is 1. The molecule has 0 N–H and O–H groups in total. The smallest absolute Gasteiger partial charge is 0.119 e. The molecule has 1 unspecified atom stereocenters. The van der Waals surface area contributed by atoms with Crippen molar-refractivity contribution in [2.45, 2.75) is 57.9 Å². The van der Waals surface area contributed by atoms with Crippen LogP contribution in [-0.4, -0.2) is 44.9 Å². The van der Waals surface area contributed by atoms with Crippen LogP contribution in [0.2, 0.25) is 5.02 Å². The van der Waals surface area contributed by atoms with Crippen molar-refractivity contribution in [3.05, 3.63) is 65.2 Å². The third-order valence-corrected chi connectivity index (χ3v) is 6.23. The summed E-state index contributed by atoms with van der Waals surface area (Å²) in [5.41, 5.74) is 1.37. The molecule has 2 rings (SSSR count). The van der Waals surface area contributed by atoms with Crippen LogP contribution >= 0.6 is 11.6 Å². The zero-order valence-electron chi connectivity index (χ0n) is 19.7. The van der Waals surface area contributed by atoms with E-state index in [1.54, 1.807) is 0 Å². The van der Waals surface area contributed by atoms with Crippen molar-refractivity contribution >= 4 is 11.6 Å². The molecule has 4 heteroatoms. The fourth-order valence-electron chi connectivity index (χ4n) is 4.02. The lowest BCUT2D eigenvalue weighted by atomic mass is 9.96. The van der Waals surface area contributed by atoms with Crippen molar-refractivity contribution in [1.29, 1.82) is 0 Å². The van der Waals surface area contributed by atoms with E-state index in [9.17, 15) is 0 Å². The number of para-hydroxylation sites is 1. The van der Waals surface area contributed by atoms with Crippen molar-refractivity contribution in [1.82, 2.24) is 0 Å².